The molecule has 0 aliphatic rings. The highest BCUT2D eigenvalue weighted by atomic mass is 79.9. The van der Waals surface area contributed by atoms with E-state index in [4.69, 9.17) is 4.74 Å². The van der Waals surface area contributed by atoms with E-state index in [1.165, 1.54) is 6.07 Å². The lowest BCUT2D eigenvalue weighted by atomic mass is 10.0. The quantitative estimate of drug-likeness (QED) is 0.637. The molecule has 2 nitrogen and oxygen atoms in total. The molecule has 1 rings (SSSR count). The van der Waals surface area contributed by atoms with Crippen LogP contribution in [0.1, 0.15) is 38.7 Å². The zero-order valence-electron chi connectivity index (χ0n) is 12.4. The van der Waals surface area contributed by atoms with Gasteiger partial charge in [0, 0.05) is 19.3 Å². The molecular formula is C16H25BrFNO. The molecule has 4 heteroatoms. The molecule has 0 amide bonds. The maximum atomic E-state index is 13.5. The van der Waals surface area contributed by atoms with E-state index >= 15 is 0 Å². The molecule has 0 aromatic heterocycles. The largest absolute Gasteiger partial charge is 0.381 e. The molecular weight excluding hydrogens is 321 g/mol. The van der Waals surface area contributed by atoms with Gasteiger partial charge in [-0.25, -0.2) is 4.39 Å². The van der Waals surface area contributed by atoms with Crippen molar-refractivity contribution < 1.29 is 9.13 Å². The smallest absolute Gasteiger partial charge is 0.137 e. The molecule has 0 heterocycles. The van der Waals surface area contributed by atoms with E-state index in [9.17, 15) is 4.39 Å². The minimum Gasteiger partial charge on any atom is -0.381 e. The summed E-state index contributed by atoms with van der Waals surface area (Å²) in [6.45, 7) is 6.80. The average molecular weight is 346 g/mol. The predicted octanol–water partition coefficient (Wildman–Crippen LogP) is 4.32. The lowest BCUT2D eigenvalue weighted by Crippen LogP contribution is -2.33. The first-order chi connectivity index (χ1) is 9.69. The van der Waals surface area contributed by atoms with Gasteiger partial charge in [0.05, 0.1) is 4.47 Å². The minimum atomic E-state index is -0.195. The molecule has 0 fully saturated rings. The summed E-state index contributed by atoms with van der Waals surface area (Å²) in [6, 6.07) is 5.54. The molecule has 0 spiro atoms. The predicted molar refractivity (Wildman–Crippen MR) is 85.6 cm³/mol. The van der Waals surface area contributed by atoms with Crippen molar-refractivity contribution in [2.45, 2.75) is 45.6 Å². The van der Waals surface area contributed by atoms with Gasteiger partial charge < -0.3 is 10.1 Å². The summed E-state index contributed by atoms with van der Waals surface area (Å²) in [5.74, 6) is -0.195. The Morgan fingerprint density at radius 3 is 2.75 bits per heavy atom. The Morgan fingerprint density at radius 2 is 2.05 bits per heavy atom. The highest BCUT2D eigenvalue weighted by Gasteiger charge is 2.12. The maximum absolute atomic E-state index is 13.5. The average Bonchev–Trinajstić information content (AvgIpc) is 2.45. The number of rotatable bonds is 10. The summed E-state index contributed by atoms with van der Waals surface area (Å²) in [7, 11) is 0. The van der Waals surface area contributed by atoms with Crippen molar-refractivity contribution in [1.29, 1.82) is 0 Å². The molecule has 0 bridgehead atoms. The number of ether oxygens (including phenoxy) is 1. The van der Waals surface area contributed by atoms with E-state index in [1.54, 1.807) is 6.07 Å². The van der Waals surface area contributed by atoms with Crippen LogP contribution in [-0.4, -0.2) is 25.8 Å². The van der Waals surface area contributed by atoms with Crippen LogP contribution in [0.5, 0.6) is 0 Å². The highest BCUT2D eigenvalue weighted by molar-refractivity contribution is 9.10. The number of hydrogen-bond donors (Lipinski definition) is 1. The second kappa shape index (κ2) is 10.3. The maximum Gasteiger partial charge on any atom is 0.137 e. The normalized spacial score (nSPS) is 12.6. The van der Waals surface area contributed by atoms with E-state index in [0.717, 1.165) is 51.0 Å². The summed E-state index contributed by atoms with van der Waals surface area (Å²) in [5.41, 5.74) is 1.01. The highest BCUT2D eigenvalue weighted by Crippen LogP contribution is 2.22. The van der Waals surface area contributed by atoms with Crippen molar-refractivity contribution in [3.63, 3.8) is 0 Å². The van der Waals surface area contributed by atoms with Gasteiger partial charge in [-0.3, -0.25) is 0 Å². The molecule has 0 saturated heterocycles. The molecule has 0 radical (unpaired) electrons. The number of hydrogen-bond acceptors (Lipinski definition) is 2. The van der Waals surface area contributed by atoms with Crippen LogP contribution in [0.4, 0.5) is 4.39 Å². The lowest BCUT2D eigenvalue weighted by Gasteiger charge is -2.19. The van der Waals surface area contributed by atoms with Crippen LogP contribution in [0.15, 0.2) is 22.7 Å². The van der Waals surface area contributed by atoms with Gasteiger partial charge in [-0.1, -0.05) is 26.0 Å². The van der Waals surface area contributed by atoms with Crippen LogP contribution < -0.4 is 5.32 Å². The van der Waals surface area contributed by atoms with Gasteiger partial charge in [0.2, 0.25) is 0 Å². The first-order valence-corrected chi connectivity index (χ1v) is 8.22. The van der Waals surface area contributed by atoms with Crippen LogP contribution in [-0.2, 0) is 11.2 Å². The standard InChI is InChI=1S/C16H25BrFNO/c1-3-9-19-14(8-11-20-10-4-2)12-13-6-5-7-15(18)16(13)17/h5-7,14,19H,3-4,8-12H2,1-2H3. The Labute approximate surface area is 130 Å². The number of benzene rings is 1. The third kappa shape index (κ3) is 6.33. The molecule has 1 aromatic rings. The van der Waals surface area contributed by atoms with Crippen LogP contribution in [0, 0.1) is 5.82 Å². The Balaban J connectivity index is 2.56. The summed E-state index contributed by atoms with van der Waals surface area (Å²) in [6.07, 6.45) is 3.90. The molecule has 0 aliphatic heterocycles. The fourth-order valence-electron chi connectivity index (χ4n) is 2.07. The Morgan fingerprint density at radius 1 is 1.25 bits per heavy atom. The molecule has 0 saturated carbocycles. The minimum absolute atomic E-state index is 0.195. The Bertz CT molecular complexity index is 387. The van der Waals surface area contributed by atoms with Crippen LogP contribution in [0.25, 0.3) is 0 Å². The van der Waals surface area contributed by atoms with Crippen molar-refractivity contribution in [3.8, 4) is 0 Å². The molecule has 1 aromatic carbocycles. The fourth-order valence-corrected chi connectivity index (χ4v) is 2.49. The fraction of sp³-hybridized carbons (Fsp3) is 0.625. The third-order valence-electron chi connectivity index (χ3n) is 3.14. The number of halogens is 2. The second-order valence-corrected chi connectivity index (χ2v) is 5.76. The molecule has 20 heavy (non-hydrogen) atoms. The lowest BCUT2D eigenvalue weighted by molar-refractivity contribution is 0.124. The van der Waals surface area contributed by atoms with Gasteiger partial charge in [-0.05, 0) is 59.8 Å². The van der Waals surface area contributed by atoms with Gasteiger partial charge in [0.1, 0.15) is 5.82 Å². The second-order valence-electron chi connectivity index (χ2n) is 4.97. The first kappa shape index (κ1) is 17.6. The molecule has 1 atom stereocenters. The van der Waals surface area contributed by atoms with Crippen molar-refractivity contribution in [2.24, 2.45) is 0 Å². The first-order valence-electron chi connectivity index (χ1n) is 7.43. The zero-order chi connectivity index (χ0) is 14.8. The molecule has 1 unspecified atom stereocenters. The Kier molecular flexibility index (Phi) is 9.07. The van der Waals surface area contributed by atoms with Crippen LogP contribution in [0.3, 0.4) is 0 Å². The summed E-state index contributed by atoms with van der Waals surface area (Å²) in [4.78, 5) is 0. The van der Waals surface area contributed by atoms with Crippen molar-refractivity contribution >= 4 is 15.9 Å². The summed E-state index contributed by atoms with van der Waals surface area (Å²) in [5, 5.41) is 3.52. The zero-order valence-corrected chi connectivity index (χ0v) is 14.0. The van der Waals surface area contributed by atoms with Crippen LogP contribution >= 0.6 is 15.9 Å². The van der Waals surface area contributed by atoms with Gasteiger partial charge in [0.25, 0.3) is 0 Å². The molecule has 0 aliphatic carbocycles. The molecule has 1 N–H and O–H groups in total. The number of nitrogens with one attached hydrogen (secondary N) is 1. The van der Waals surface area contributed by atoms with E-state index in [-0.39, 0.29) is 5.82 Å². The summed E-state index contributed by atoms with van der Waals surface area (Å²) < 4.78 is 19.7. The monoisotopic (exact) mass is 345 g/mol. The van der Waals surface area contributed by atoms with Crippen molar-refractivity contribution in [1.82, 2.24) is 5.32 Å². The van der Waals surface area contributed by atoms with Gasteiger partial charge in [0.15, 0.2) is 0 Å². The summed E-state index contributed by atoms with van der Waals surface area (Å²) >= 11 is 3.34. The topological polar surface area (TPSA) is 21.3 Å². The van der Waals surface area contributed by atoms with Gasteiger partial charge in [-0.2, -0.15) is 0 Å². The van der Waals surface area contributed by atoms with Gasteiger partial charge in [-0.15, -0.1) is 0 Å². The van der Waals surface area contributed by atoms with Crippen LogP contribution in [0.2, 0.25) is 0 Å². The van der Waals surface area contributed by atoms with Crippen molar-refractivity contribution in [3.05, 3.63) is 34.1 Å². The van der Waals surface area contributed by atoms with E-state index in [2.05, 4.69) is 35.1 Å². The Hall–Kier alpha value is -0.450. The SMILES string of the molecule is CCCNC(CCOCCC)Cc1cccc(F)c1Br. The molecule has 114 valence electrons. The van der Waals surface area contributed by atoms with Crippen molar-refractivity contribution in [2.75, 3.05) is 19.8 Å². The van der Waals surface area contributed by atoms with E-state index in [0.29, 0.717) is 10.5 Å². The van der Waals surface area contributed by atoms with E-state index < -0.39 is 0 Å². The van der Waals surface area contributed by atoms with E-state index in [1.807, 2.05) is 6.07 Å². The van der Waals surface area contributed by atoms with Gasteiger partial charge >= 0.3 is 0 Å². The third-order valence-corrected chi connectivity index (χ3v) is 4.03.